The lowest BCUT2D eigenvalue weighted by Gasteiger charge is -2.39. The van der Waals surface area contributed by atoms with E-state index in [0.717, 1.165) is 37.7 Å². The van der Waals surface area contributed by atoms with Crippen molar-refractivity contribution in [3.63, 3.8) is 0 Å². The largest absolute Gasteiger partial charge is 0.394 e. The van der Waals surface area contributed by atoms with Crippen molar-refractivity contribution in [3.05, 3.63) is 35.9 Å². The molecule has 5 rings (SSSR count). The number of ether oxygens (including phenoxy) is 1. The number of nitrogens with zero attached hydrogens (tertiary/aromatic N) is 1. The minimum atomic E-state index is -1.11. The number of aliphatic hydroxyl groups is 1. The van der Waals surface area contributed by atoms with Crippen LogP contribution < -0.4 is 10.6 Å². The zero-order valence-corrected chi connectivity index (χ0v) is 23.9. The maximum Gasteiger partial charge on any atom is 0.246 e. The van der Waals surface area contributed by atoms with Crippen LogP contribution in [0.1, 0.15) is 64.4 Å². The Balaban J connectivity index is 1.47. The van der Waals surface area contributed by atoms with Crippen LogP contribution in [0.25, 0.3) is 0 Å². The van der Waals surface area contributed by atoms with Gasteiger partial charge < -0.3 is 25.4 Å². The molecular formula is C29H40BrN3O5. The molecule has 3 N–H and O–H groups in total. The van der Waals surface area contributed by atoms with Crippen LogP contribution in [0, 0.1) is 17.8 Å². The Hall–Kier alpha value is -1.97. The van der Waals surface area contributed by atoms with Crippen molar-refractivity contribution in [3.8, 4) is 0 Å². The van der Waals surface area contributed by atoms with Gasteiger partial charge in [0.1, 0.15) is 11.6 Å². The molecule has 208 valence electrons. The third kappa shape index (κ3) is 4.68. The monoisotopic (exact) mass is 589 g/mol. The summed E-state index contributed by atoms with van der Waals surface area (Å²) >= 11 is 3.73. The molecule has 3 amide bonds. The van der Waals surface area contributed by atoms with Crippen LogP contribution in [-0.4, -0.2) is 69.0 Å². The molecule has 3 unspecified atom stereocenters. The topological polar surface area (TPSA) is 108 Å². The van der Waals surface area contributed by atoms with E-state index in [9.17, 15) is 19.5 Å². The molecule has 8 nitrogen and oxygen atoms in total. The second kappa shape index (κ2) is 11.3. The number of amides is 3. The van der Waals surface area contributed by atoms with Gasteiger partial charge in [-0.25, -0.2) is 0 Å². The molecule has 0 radical (unpaired) electrons. The third-order valence-electron chi connectivity index (χ3n) is 9.38. The molecule has 1 aromatic rings. The molecule has 3 saturated heterocycles. The van der Waals surface area contributed by atoms with Crippen molar-refractivity contribution in [2.45, 2.75) is 100.0 Å². The molecule has 4 fully saturated rings. The number of nitrogens with one attached hydrogen (secondary N) is 2. The van der Waals surface area contributed by atoms with Crippen LogP contribution in [0.4, 0.5) is 0 Å². The van der Waals surface area contributed by atoms with Crippen LogP contribution in [-0.2, 0) is 25.7 Å². The Morgan fingerprint density at radius 3 is 2.55 bits per heavy atom. The Morgan fingerprint density at radius 2 is 1.89 bits per heavy atom. The number of aliphatic hydroxyl groups excluding tert-OH is 1. The van der Waals surface area contributed by atoms with Gasteiger partial charge in [0.25, 0.3) is 0 Å². The number of benzene rings is 1. The number of hydrogen-bond acceptors (Lipinski definition) is 5. The lowest BCUT2D eigenvalue weighted by molar-refractivity contribution is -0.147. The molecule has 3 aliphatic heterocycles. The van der Waals surface area contributed by atoms with E-state index in [1.165, 1.54) is 6.42 Å². The summed E-state index contributed by atoms with van der Waals surface area (Å²) in [6.07, 6.45) is 5.88. The quantitative estimate of drug-likeness (QED) is 0.384. The Labute approximate surface area is 233 Å². The van der Waals surface area contributed by atoms with Gasteiger partial charge in [-0.1, -0.05) is 85.8 Å². The van der Waals surface area contributed by atoms with Crippen LogP contribution >= 0.6 is 15.9 Å². The molecule has 0 aromatic heterocycles. The minimum absolute atomic E-state index is 0.0218. The molecule has 9 heteroatoms. The minimum Gasteiger partial charge on any atom is -0.394 e. The predicted molar refractivity (Wildman–Crippen MR) is 146 cm³/mol. The zero-order chi connectivity index (χ0) is 27.0. The first-order valence-electron chi connectivity index (χ1n) is 14.2. The van der Waals surface area contributed by atoms with Crippen molar-refractivity contribution in [1.29, 1.82) is 0 Å². The highest BCUT2D eigenvalue weighted by atomic mass is 79.9. The van der Waals surface area contributed by atoms with E-state index in [4.69, 9.17) is 4.74 Å². The summed E-state index contributed by atoms with van der Waals surface area (Å²) < 4.78 is 6.60. The highest BCUT2D eigenvalue weighted by molar-refractivity contribution is 9.09. The Kier molecular flexibility index (Phi) is 8.17. The fourth-order valence-electron chi connectivity index (χ4n) is 7.27. The highest BCUT2D eigenvalue weighted by Crippen LogP contribution is 2.60. The van der Waals surface area contributed by atoms with Gasteiger partial charge in [-0.2, -0.15) is 0 Å². The molecule has 1 aromatic carbocycles. The molecule has 8 atom stereocenters. The summed E-state index contributed by atoms with van der Waals surface area (Å²) in [6, 6.07) is 8.31. The van der Waals surface area contributed by atoms with Gasteiger partial charge in [-0.15, -0.1) is 0 Å². The number of carbonyl (C=O) groups is 3. The number of carbonyl (C=O) groups excluding carboxylic acids is 3. The maximum atomic E-state index is 14.3. The number of rotatable bonds is 9. The number of alkyl halides is 1. The van der Waals surface area contributed by atoms with Gasteiger partial charge in [0, 0.05) is 17.4 Å². The van der Waals surface area contributed by atoms with E-state index in [-0.39, 0.29) is 41.1 Å². The van der Waals surface area contributed by atoms with Crippen molar-refractivity contribution in [2.24, 2.45) is 17.8 Å². The number of fused-ring (bicyclic) bond motifs is 1. The average Bonchev–Trinajstić information content (AvgIpc) is 3.52. The second-order valence-electron chi connectivity index (χ2n) is 11.6. The maximum absolute atomic E-state index is 14.3. The Bertz CT molecular complexity index is 1030. The van der Waals surface area contributed by atoms with E-state index in [1.807, 2.05) is 44.2 Å². The van der Waals surface area contributed by atoms with Crippen LogP contribution in [0.2, 0.25) is 0 Å². The first kappa shape index (κ1) is 27.6. The standard InChI is InChI=1S/C29H40BrN3O5/c1-3-17(2)21(16-34)33-25(27(36)32-19-12-8-5-9-13-19)29-14-20(30)24(38-29)22(23(29)28(33)37)26(35)31-15-18-10-6-4-7-11-18/h4,6-7,10-11,17,19-25,34H,3,5,8-9,12-16H2,1-2H3,(H,31,35)(H,32,36)/t17-,20?,21-,22+,23-,24+,25?,29?/m0/s1. The molecule has 3 heterocycles. The molecule has 4 aliphatic rings. The van der Waals surface area contributed by atoms with E-state index >= 15 is 0 Å². The molecule has 2 bridgehead atoms. The summed E-state index contributed by atoms with van der Waals surface area (Å²) in [5.74, 6) is -2.21. The number of hydrogen-bond donors (Lipinski definition) is 3. The highest BCUT2D eigenvalue weighted by Gasteiger charge is 2.77. The zero-order valence-electron chi connectivity index (χ0n) is 22.3. The molecule has 1 spiro atoms. The van der Waals surface area contributed by atoms with Crippen LogP contribution in [0.15, 0.2) is 30.3 Å². The normalized spacial score (nSPS) is 34.2. The Morgan fingerprint density at radius 1 is 1.18 bits per heavy atom. The third-order valence-corrected chi connectivity index (χ3v) is 10.2. The van der Waals surface area contributed by atoms with Crippen molar-refractivity contribution < 1.29 is 24.2 Å². The van der Waals surface area contributed by atoms with Gasteiger partial charge in [-0.05, 0) is 30.7 Å². The van der Waals surface area contributed by atoms with E-state index in [1.54, 1.807) is 4.90 Å². The summed E-state index contributed by atoms with van der Waals surface area (Å²) in [4.78, 5) is 43.4. The molecule has 38 heavy (non-hydrogen) atoms. The number of likely N-dealkylation sites (tertiary alicyclic amines) is 1. The summed E-state index contributed by atoms with van der Waals surface area (Å²) in [5.41, 5.74) is -0.138. The smallest absolute Gasteiger partial charge is 0.246 e. The van der Waals surface area contributed by atoms with Crippen LogP contribution in [0.3, 0.4) is 0 Å². The summed E-state index contributed by atoms with van der Waals surface area (Å²) in [7, 11) is 0. The van der Waals surface area contributed by atoms with Crippen molar-refractivity contribution in [1.82, 2.24) is 15.5 Å². The second-order valence-corrected chi connectivity index (χ2v) is 12.8. The summed E-state index contributed by atoms with van der Waals surface area (Å²) in [5, 5.41) is 16.7. The van der Waals surface area contributed by atoms with Gasteiger partial charge >= 0.3 is 0 Å². The van der Waals surface area contributed by atoms with E-state index in [2.05, 4.69) is 26.6 Å². The predicted octanol–water partition coefficient (Wildman–Crippen LogP) is 2.91. The van der Waals surface area contributed by atoms with E-state index < -0.39 is 35.6 Å². The van der Waals surface area contributed by atoms with Gasteiger partial charge in [0.15, 0.2) is 0 Å². The lowest BCUT2D eigenvalue weighted by Crippen LogP contribution is -2.60. The molecule has 1 aliphatic carbocycles. The van der Waals surface area contributed by atoms with Crippen molar-refractivity contribution in [2.75, 3.05) is 6.61 Å². The van der Waals surface area contributed by atoms with Gasteiger partial charge in [0.05, 0.1) is 30.6 Å². The number of halogens is 1. The SMILES string of the molecule is CC[C@H](C)[C@H](CO)N1C(=O)[C@@H]2[C@@H](C(=O)NCc3ccccc3)[C@@H]3OC2(CC3Br)C1C(=O)NC1CCCCC1. The van der Waals surface area contributed by atoms with Crippen molar-refractivity contribution >= 4 is 33.7 Å². The molecular weight excluding hydrogens is 550 g/mol. The fraction of sp³-hybridized carbons (Fsp3) is 0.690. The van der Waals surface area contributed by atoms with E-state index in [0.29, 0.717) is 13.0 Å². The fourth-order valence-corrected chi connectivity index (χ4v) is 8.21. The van der Waals surface area contributed by atoms with Gasteiger partial charge in [0.2, 0.25) is 17.7 Å². The van der Waals surface area contributed by atoms with Crippen LogP contribution in [0.5, 0.6) is 0 Å². The average molecular weight is 591 g/mol. The molecule has 1 saturated carbocycles. The first-order valence-corrected chi connectivity index (χ1v) is 15.1. The van der Waals surface area contributed by atoms with Gasteiger partial charge in [-0.3, -0.25) is 14.4 Å². The summed E-state index contributed by atoms with van der Waals surface area (Å²) in [6.45, 7) is 4.11. The first-order chi connectivity index (χ1) is 18.3. The lowest BCUT2D eigenvalue weighted by atomic mass is 9.70.